The smallest absolute Gasteiger partial charge is 0.0531 e. The van der Waals surface area contributed by atoms with Crippen LogP contribution in [0.5, 0.6) is 0 Å². The van der Waals surface area contributed by atoms with Gasteiger partial charge in [-0.25, -0.2) is 0 Å². The lowest BCUT2D eigenvalue weighted by atomic mass is 10.2. The van der Waals surface area contributed by atoms with Crippen LogP contribution in [0.4, 0.5) is 0 Å². The summed E-state index contributed by atoms with van der Waals surface area (Å²) in [4.78, 5) is 0. The molecule has 0 N–H and O–H groups in total. The van der Waals surface area contributed by atoms with Gasteiger partial charge in [-0.15, -0.1) is 0 Å². The first kappa shape index (κ1) is 22.4. The maximum Gasteiger partial charge on any atom is 0.0531 e. The molecule has 2 nitrogen and oxygen atoms in total. The SMILES string of the molecule is CC.CCc1cc2ccccc2n1CC.Cc1cc2ccccc2n1-c1ccccc1. The van der Waals surface area contributed by atoms with Crippen molar-refractivity contribution >= 4 is 21.8 Å². The highest BCUT2D eigenvalue weighted by Gasteiger charge is 2.06. The Morgan fingerprint density at radius 2 is 1.19 bits per heavy atom. The molecule has 0 fully saturated rings. The van der Waals surface area contributed by atoms with E-state index in [1.807, 2.05) is 19.9 Å². The van der Waals surface area contributed by atoms with Crippen molar-refractivity contribution in [2.75, 3.05) is 0 Å². The number of hydrogen-bond acceptors (Lipinski definition) is 0. The molecule has 2 heterocycles. The van der Waals surface area contributed by atoms with E-state index in [0.29, 0.717) is 0 Å². The summed E-state index contributed by atoms with van der Waals surface area (Å²) in [5.41, 5.74) is 6.56. The maximum absolute atomic E-state index is 2.38. The van der Waals surface area contributed by atoms with Crippen molar-refractivity contribution in [3.8, 4) is 5.69 Å². The Hall–Kier alpha value is -3.26. The van der Waals surface area contributed by atoms with Gasteiger partial charge in [0, 0.05) is 34.5 Å². The van der Waals surface area contributed by atoms with Crippen molar-refractivity contribution in [2.45, 2.75) is 47.6 Å². The summed E-state index contributed by atoms with van der Waals surface area (Å²) < 4.78 is 4.67. The van der Waals surface area contributed by atoms with Crippen molar-refractivity contribution in [2.24, 2.45) is 0 Å². The third-order valence-corrected chi connectivity index (χ3v) is 5.48. The molecule has 0 radical (unpaired) electrons. The van der Waals surface area contributed by atoms with E-state index in [4.69, 9.17) is 0 Å². The Balaban J connectivity index is 0.000000166. The number of benzene rings is 3. The summed E-state index contributed by atoms with van der Waals surface area (Å²) in [5.74, 6) is 0. The summed E-state index contributed by atoms with van der Waals surface area (Å²) in [6, 6.07) is 32.0. The van der Waals surface area contributed by atoms with Crippen molar-refractivity contribution in [1.29, 1.82) is 0 Å². The second-order valence-electron chi connectivity index (χ2n) is 7.31. The number of fused-ring (bicyclic) bond motifs is 2. The predicted molar refractivity (Wildman–Crippen MR) is 136 cm³/mol. The number of rotatable bonds is 3. The van der Waals surface area contributed by atoms with Crippen LogP contribution >= 0.6 is 0 Å². The minimum Gasteiger partial charge on any atom is -0.345 e. The molecule has 2 heteroatoms. The van der Waals surface area contributed by atoms with Crippen LogP contribution in [0.15, 0.2) is 91.0 Å². The molecule has 160 valence electrons. The van der Waals surface area contributed by atoms with Crippen molar-refractivity contribution in [1.82, 2.24) is 9.13 Å². The molecule has 0 unspecified atom stereocenters. The average molecular weight is 411 g/mol. The van der Waals surface area contributed by atoms with Crippen LogP contribution in [0.25, 0.3) is 27.5 Å². The largest absolute Gasteiger partial charge is 0.345 e. The first-order valence-electron chi connectivity index (χ1n) is 11.4. The molecular weight excluding hydrogens is 376 g/mol. The molecule has 5 rings (SSSR count). The zero-order chi connectivity index (χ0) is 22.2. The number of hydrogen-bond donors (Lipinski definition) is 0. The molecule has 5 aromatic rings. The highest BCUT2D eigenvalue weighted by atomic mass is 15.0. The fourth-order valence-corrected chi connectivity index (χ4v) is 4.15. The van der Waals surface area contributed by atoms with E-state index in [1.54, 1.807) is 0 Å². The zero-order valence-corrected chi connectivity index (χ0v) is 19.5. The van der Waals surface area contributed by atoms with Crippen LogP contribution in [0.1, 0.15) is 39.1 Å². The lowest BCUT2D eigenvalue weighted by molar-refractivity contribution is 0.746. The molecule has 31 heavy (non-hydrogen) atoms. The van der Waals surface area contributed by atoms with E-state index in [-0.39, 0.29) is 0 Å². The first-order chi connectivity index (χ1) is 15.2. The third-order valence-electron chi connectivity index (χ3n) is 5.48. The molecule has 2 aromatic heterocycles. The molecule has 0 saturated heterocycles. The third kappa shape index (κ3) is 4.74. The molecule has 0 atom stereocenters. The second-order valence-corrected chi connectivity index (χ2v) is 7.31. The summed E-state index contributed by atoms with van der Waals surface area (Å²) in [7, 11) is 0. The monoisotopic (exact) mass is 410 g/mol. The van der Waals surface area contributed by atoms with E-state index >= 15 is 0 Å². The summed E-state index contributed by atoms with van der Waals surface area (Å²) in [6.07, 6.45) is 1.11. The van der Waals surface area contributed by atoms with Crippen LogP contribution in [-0.4, -0.2) is 9.13 Å². The van der Waals surface area contributed by atoms with Crippen LogP contribution in [0.3, 0.4) is 0 Å². The highest BCUT2D eigenvalue weighted by molar-refractivity contribution is 5.83. The van der Waals surface area contributed by atoms with Gasteiger partial charge in [-0.2, -0.15) is 0 Å². The van der Waals surface area contributed by atoms with Crippen molar-refractivity contribution in [3.05, 3.63) is 102 Å². The highest BCUT2D eigenvalue weighted by Crippen LogP contribution is 2.23. The Morgan fingerprint density at radius 1 is 0.645 bits per heavy atom. The minimum atomic E-state index is 1.07. The number of aromatic nitrogens is 2. The van der Waals surface area contributed by atoms with Crippen LogP contribution in [0, 0.1) is 6.92 Å². The normalized spacial score (nSPS) is 10.4. The molecule has 0 aliphatic carbocycles. The van der Waals surface area contributed by atoms with Crippen LogP contribution in [-0.2, 0) is 13.0 Å². The van der Waals surface area contributed by atoms with Gasteiger partial charge >= 0.3 is 0 Å². The van der Waals surface area contributed by atoms with Gasteiger partial charge in [0.25, 0.3) is 0 Å². The van der Waals surface area contributed by atoms with Gasteiger partial charge in [0.2, 0.25) is 0 Å². The lowest BCUT2D eigenvalue weighted by Gasteiger charge is -2.07. The number of para-hydroxylation sites is 3. The molecule has 0 spiro atoms. The van der Waals surface area contributed by atoms with Gasteiger partial charge in [0.15, 0.2) is 0 Å². The van der Waals surface area contributed by atoms with Gasteiger partial charge in [-0.3, -0.25) is 0 Å². The van der Waals surface area contributed by atoms with E-state index in [2.05, 4.69) is 115 Å². The van der Waals surface area contributed by atoms with E-state index in [9.17, 15) is 0 Å². The van der Waals surface area contributed by atoms with Crippen molar-refractivity contribution in [3.63, 3.8) is 0 Å². The maximum atomic E-state index is 2.38. The van der Waals surface area contributed by atoms with Crippen LogP contribution in [0.2, 0.25) is 0 Å². The molecular formula is C29H34N2. The Kier molecular flexibility index (Phi) is 7.72. The lowest BCUT2D eigenvalue weighted by Crippen LogP contribution is -1.98. The minimum absolute atomic E-state index is 1.07. The number of aryl methyl sites for hydroxylation is 3. The number of nitrogens with zero attached hydrogens (tertiary/aromatic N) is 2. The zero-order valence-electron chi connectivity index (χ0n) is 19.5. The molecule has 0 saturated carbocycles. The van der Waals surface area contributed by atoms with Gasteiger partial charge in [-0.1, -0.05) is 75.4 Å². The average Bonchev–Trinajstić information content (AvgIpc) is 3.37. The summed E-state index contributed by atoms with van der Waals surface area (Å²) in [5, 5.41) is 2.66. The first-order valence-corrected chi connectivity index (χ1v) is 11.4. The van der Waals surface area contributed by atoms with Crippen molar-refractivity contribution < 1.29 is 0 Å². The van der Waals surface area contributed by atoms with Gasteiger partial charge < -0.3 is 9.13 Å². The van der Waals surface area contributed by atoms with Gasteiger partial charge in [-0.05, 0) is 62.1 Å². The predicted octanol–water partition coefficient (Wildman–Crippen LogP) is 8.19. The van der Waals surface area contributed by atoms with E-state index in [1.165, 1.54) is 38.9 Å². The molecule has 0 aliphatic heterocycles. The topological polar surface area (TPSA) is 9.86 Å². The van der Waals surface area contributed by atoms with Gasteiger partial charge in [0.05, 0.1) is 5.52 Å². The van der Waals surface area contributed by atoms with E-state index in [0.717, 1.165) is 13.0 Å². The quantitative estimate of drug-likeness (QED) is 0.284. The molecule has 3 aromatic carbocycles. The van der Waals surface area contributed by atoms with E-state index < -0.39 is 0 Å². The standard InChI is InChI=1S/C15H13N.C12H15N.C2H6/c1-12-11-13-7-5-6-10-15(13)16(12)14-8-3-2-4-9-14;1-3-11-9-10-7-5-6-8-12(10)13(11)4-2;1-2/h2-11H,1H3;5-9H,3-4H2,1-2H3;1-2H3. The summed E-state index contributed by atoms with van der Waals surface area (Å²) in [6.45, 7) is 11.6. The Morgan fingerprint density at radius 3 is 1.81 bits per heavy atom. The second kappa shape index (κ2) is 10.7. The summed E-state index contributed by atoms with van der Waals surface area (Å²) >= 11 is 0. The molecule has 0 bridgehead atoms. The molecule has 0 aliphatic rings. The fourth-order valence-electron chi connectivity index (χ4n) is 4.15. The Bertz CT molecular complexity index is 1230. The van der Waals surface area contributed by atoms with Crippen LogP contribution < -0.4 is 0 Å². The fraction of sp³-hybridized carbons (Fsp3) is 0.241. The van der Waals surface area contributed by atoms with Gasteiger partial charge in [0.1, 0.15) is 0 Å². The molecule has 0 amide bonds. The Labute approximate surface area is 186 Å².